The molecule has 1 N–H and O–H groups in total. The van der Waals surface area contributed by atoms with Gasteiger partial charge in [-0.3, -0.25) is 15.0 Å². The van der Waals surface area contributed by atoms with E-state index < -0.39 is 0 Å². The fourth-order valence-electron chi connectivity index (χ4n) is 7.55. The van der Waals surface area contributed by atoms with Crippen LogP contribution in [0.25, 0.3) is 10.9 Å². The van der Waals surface area contributed by atoms with Gasteiger partial charge in [-0.2, -0.15) is 0 Å². The number of hydrogen-bond acceptors (Lipinski definition) is 3. The van der Waals surface area contributed by atoms with Crippen LogP contribution in [0.2, 0.25) is 0 Å². The Morgan fingerprint density at radius 1 is 1.10 bits per heavy atom. The zero-order valence-corrected chi connectivity index (χ0v) is 17.6. The van der Waals surface area contributed by atoms with Crippen LogP contribution in [0.5, 0.6) is 0 Å². The van der Waals surface area contributed by atoms with E-state index in [1.54, 1.807) is 4.68 Å². The summed E-state index contributed by atoms with van der Waals surface area (Å²) in [6, 6.07) is 7.58. The first-order chi connectivity index (χ1) is 14.6. The summed E-state index contributed by atoms with van der Waals surface area (Å²) in [4.78, 5) is 31.4. The van der Waals surface area contributed by atoms with E-state index in [0.717, 1.165) is 42.4 Å². The lowest BCUT2D eigenvalue weighted by Gasteiger charge is -2.34. The molecule has 7 rings (SSSR count). The highest BCUT2D eigenvalue weighted by molar-refractivity contribution is 5.84. The van der Waals surface area contributed by atoms with Crippen LogP contribution in [0, 0.1) is 23.7 Å². The van der Waals surface area contributed by atoms with Crippen LogP contribution in [-0.4, -0.2) is 15.6 Å². The molecule has 5 aliphatic carbocycles. The third-order valence-electron chi connectivity index (χ3n) is 8.70. The molecule has 1 aromatic carbocycles. The van der Waals surface area contributed by atoms with Crippen LogP contribution < -0.4 is 11.0 Å². The molecule has 2 unspecified atom stereocenters. The highest BCUT2D eigenvalue weighted by atomic mass is 16.2. The average molecular weight is 406 g/mol. The Labute approximate surface area is 177 Å². The Morgan fingerprint density at radius 3 is 2.60 bits per heavy atom. The van der Waals surface area contributed by atoms with Crippen LogP contribution in [0.15, 0.2) is 29.1 Å². The van der Waals surface area contributed by atoms with Gasteiger partial charge in [-0.1, -0.05) is 37.8 Å². The number of amides is 1. The zero-order chi connectivity index (χ0) is 20.3. The van der Waals surface area contributed by atoms with Gasteiger partial charge < -0.3 is 0 Å². The number of carbonyl (C=O) groups is 1. The lowest BCUT2D eigenvalue weighted by Crippen LogP contribution is -2.43. The Bertz CT molecular complexity index is 1040. The summed E-state index contributed by atoms with van der Waals surface area (Å²) in [6.45, 7) is 0. The summed E-state index contributed by atoms with van der Waals surface area (Å²) in [6.07, 6.45) is 12.6. The fourth-order valence-corrected chi connectivity index (χ4v) is 7.55. The van der Waals surface area contributed by atoms with E-state index in [2.05, 4.69) is 5.43 Å². The molecule has 0 radical (unpaired) electrons. The molecule has 4 bridgehead atoms. The van der Waals surface area contributed by atoms with Gasteiger partial charge in [0.2, 0.25) is 5.91 Å². The minimum absolute atomic E-state index is 0.0322. The largest absolute Gasteiger partial charge is 0.280 e. The van der Waals surface area contributed by atoms with Gasteiger partial charge in [0.25, 0.3) is 5.56 Å². The van der Waals surface area contributed by atoms with Crippen molar-refractivity contribution in [2.24, 2.45) is 23.7 Å². The van der Waals surface area contributed by atoms with Crippen LogP contribution >= 0.6 is 0 Å². The Balaban J connectivity index is 1.38. The van der Waals surface area contributed by atoms with Crippen LogP contribution in [0.4, 0.5) is 0 Å². The molecule has 5 fully saturated rings. The van der Waals surface area contributed by atoms with E-state index in [1.165, 1.54) is 44.9 Å². The molecule has 2 atom stereocenters. The Morgan fingerprint density at radius 2 is 1.83 bits per heavy atom. The summed E-state index contributed by atoms with van der Waals surface area (Å²) < 4.78 is 1.56. The quantitative estimate of drug-likeness (QED) is 0.796. The summed E-state index contributed by atoms with van der Waals surface area (Å²) in [5, 5.41) is 0.589. The normalized spacial score (nSPS) is 32.3. The van der Waals surface area contributed by atoms with Crippen molar-refractivity contribution in [2.75, 3.05) is 5.43 Å². The van der Waals surface area contributed by atoms with E-state index in [-0.39, 0.29) is 16.9 Å². The van der Waals surface area contributed by atoms with Crippen molar-refractivity contribution < 1.29 is 4.79 Å². The molecule has 1 aromatic heterocycles. The second-order valence-corrected chi connectivity index (χ2v) is 10.5. The summed E-state index contributed by atoms with van der Waals surface area (Å²) in [7, 11) is 0. The van der Waals surface area contributed by atoms with Crippen molar-refractivity contribution >= 4 is 16.8 Å². The van der Waals surface area contributed by atoms with E-state index in [9.17, 15) is 9.59 Å². The summed E-state index contributed by atoms with van der Waals surface area (Å²) in [5.74, 6) is 3.58. The van der Waals surface area contributed by atoms with Gasteiger partial charge in [0.05, 0.1) is 10.9 Å². The van der Waals surface area contributed by atoms with Gasteiger partial charge in [-0.15, -0.1) is 0 Å². The molecule has 30 heavy (non-hydrogen) atoms. The molecule has 5 aliphatic rings. The van der Waals surface area contributed by atoms with Gasteiger partial charge in [0.1, 0.15) is 5.82 Å². The minimum atomic E-state index is -0.120. The highest BCUT2D eigenvalue weighted by Crippen LogP contribution is 2.65. The Kier molecular flexibility index (Phi) is 4.29. The van der Waals surface area contributed by atoms with Gasteiger partial charge >= 0.3 is 0 Å². The molecule has 1 heterocycles. The molecule has 0 aliphatic heterocycles. The molecule has 5 saturated carbocycles. The van der Waals surface area contributed by atoms with Crippen molar-refractivity contribution in [3.63, 3.8) is 0 Å². The van der Waals surface area contributed by atoms with E-state index in [1.807, 2.05) is 24.3 Å². The third kappa shape index (κ3) is 2.84. The highest BCUT2D eigenvalue weighted by Gasteiger charge is 2.60. The van der Waals surface area contributed by atoms with Crippen molar-refractivity contribution in [2.45, 2.75) is 76.0 Å². The van der Waals surface area contributed by atoms with E-state index in [0.29, 0.717) is 23.6 Å². The number of nitrogens with one attached hydrogen (secondary N) is 1. The van der Waals surface area contributed by atoms with Crippen LogP contribution in [0.1, 0.15) is 76.5 Å². The summed E-state index contributed by atoms with van der Waals surface area (Å²) >= 11 is 0. The van der Waals surface area contributed by atoms with Gasteiger partial charge in [0.15, 0.2) is 0 Å². The smallest absolute Gasteiger partial charge is 0.273 e. The predicted molar refractivity (Wildman–Crippen MR) is 117 cm³/mol. The predicted octanol–water partition coefficient (Wildman–Crippen LogP) is 4.51. The number of fused-ring (bicyclic) bond motifs is 1. The molecular formula is C25H31N3O2. The first-order valence-corrected chi connectivity index (χ1v) is 11.9. The molecule has 0 spiro atoms. The standard InChI is InChI=1S/C25H31N3O2/c29-22(10-9-16-5-1-2-6-16)27-28-23(30)20-7-3-4-8-21(20)26-24(28)25-14-17-11-18(15-25)13-19(25)12-17/h3-4,7-8,16-19H,1-2,5-6,9-15H2,(H,27,29). The molecule has 0 saturated heterocycles. The van der Waals surface area contributed by atoms with E-state index >= 15 is 0 Å². The maximum absolute atomic E-state index is 13.5. The second kappa shape index (κ2) is 6.93. The number of benzene rings is 1. The average Bonchev–Trinajstić information content (AvgIpc) is 3.41. The molecule has 1 amide bonds. The van der Waals surface area contributed by atoms with Crippen molar-refractivity contribution in [3.8, 4) is 0 Å². The summed E-state index contributed by atoms with van der Waals surface area (Å²) in [5.41, 5.74) is 3.62. The number of nitrogens with zero attached hydrogens (tertiary/aromatic N) is 2. The van der Waals surface area contributed by atoms with Gasteiger partial charge in [0, 0.05) is 11.8 Å². The number of hydrogen-bond donors (Lipinski definition) is 1. The number of para-hydroxylation sites is 1. The number of carbonyl (C=O) groups excluding carboxylic acids is 1. The third-order valence-corrected chi connectivity index (χ3v) is 8.70. The van der Waals surface area contributed by atoms with Crippen molar-refractivity contribution in [3.05, 3.63) is 40.4 Å². The van der Waals surface area contributed by atoms with Crippen LogP contribution in [-0.2, 0) is 10.2 Å². The molecule has 2 aromatic rings. The minimum Gasteiger partial charge on any atom is -0.273 e. The molecular weight excluding hydrogens is 374 g/mol. The maximum atomic E-state index is 13.5. The lowest BCUT2D eigenvalue weighted by atomic mass is 9.75. The van der Waals surface area contributed by atoms with Crippen LogP contribution in [0.3, 0.4) is 0 Å². The Hall–Kier alpha value is -2.17. The molecule has 5 heteroatoms. The first-order valence-electron chi connectivity index (χ1n) is 11.9. The van der Waals surface area contributed by atoms with E-state index in [4.69, 9.17) is 4.98 Å². The topological polar surface area (TPSA) is 64.0 Å². The molecule has 158 valence electrons. The monoisotopic (exact) mass is 405 g/mol. The maximum Gasteiger partial charge on any atom is 0.280 e. The molecule has 5 nitrogen and oxygen atoms in total. The lowest BCUT2D eigenvalue weighted by molar-refractivity contribution is -0.117. The first kappa shape index (κ1) is 18.6. The SMILES string of the molecule is O=C(CCC1CCCC1)Nn1c(C23CC4CC(CC2C4)C3)nc2ccccc2c1=O. The second-order valence-electron chi connectivity index (χ2n) is 10.5. The fraction of sp³-hybridized carbons (Fsp3) is 0.640. The van der Waals surface area contributed by atoms with Crippen molar-refractivity contribution in [1.82, 2.24) is 9.66 Å². The zero-order valence-electron chi connectivity index (χ0n) is 17.6. The van der Waals surface area contributed by atoms with Gasteiger partial charge in [-0.05, 0) is 74.3 Å². The van der Waals surface area contributed by atoms with Gasteiger partial charge in [-0.25, -0.2) is 9.66 Å². The number of rotatable bonds is 5. The number of aromatic nitrogens is 2. The van der Waals surface area contributed by atoms with Crippen molar-refractivity contribution in [1.29, 1.82) is 0 Å².